The Kier molecular flexibility index (Phi) is 4.34. The molecule has 0 saturated carbocycles. The maximum Gasteiger partial charge on any atom is 0.318 e. The van der Waals surface area contributed by atoms with Gasteiger partial charge in [-0.1, -0.05) is 12.1 Å². The number of hydrogen-bond donors (Lipinski definition) is 2. The summed E-state index contributed by atoms with van der Waals surface area (Å²) in [5.74, 6) is -0.274. The summed E-state index contributed by atoms with van der Waals surface area (Å²) in [5, 5.41) is 5.10. The molecule has 0 heterocycles. The zero-order chi connectivity index (χ0) is 11.1. The van der Waals surface area contributed by atoms with Gasteiger partial charge in [0.15, 0.2) is 0 Å². The summed E-state index contributed by atoms with van der Waals surface area (Å²) in [6, 6.07) is 5.74. The van der Waals surface area contributed by atoms with Crippen LogP contribution in [0.5, 0.6) is 0 Å². The van der Waals surface area contributed by atoms with Crippen molar-refractivity contribution >= 4 is 12.1 Å². The molecule has 0 unspecified atom stereocenters. The minimum Gasteiger partial charge on any atom is -0.338 e. The van der Waals surface area contributed by atoms with E-state index in [1.54, 1.807) is 18.2 Å². The molecule has 1 aromatic rings. The minimum absolute atomic E-state index is 0.254. The summed E-state index contributed by atoms with van der Waals surface area (Å²) < 4.78 is 12.5. The Morgan fingerprint density at radius 1 is 1.40 bits per heavy atom. The number of amides is 2. The number of carbonyl (C=O) groups excluding carboxylic acids is 1. The van der Waals surface area contributed by atoms with E-state index in [0.717, 1.165) is 5.56 Å². The second kappa shape index (κ2) is 5.80. The van der Waals surface area contributed by atoms with Gasteiger partial charge in [0.1, 0.15) is 5.82 Å². The molecule has 1 aromatic carbocycles. The van der Waals surface area contributed by atoms with E-state index < -0.39 is 0 Å². The van der Waals surface area contributed by atoms with Crippen LogP contribution in [0.3, 0.4) is 0 Å². The molecule has 0 atom stereocenters. The lowest BCUT2D eigenvalue weighted by Gasteiger charge is -1.99. The largest absolute Gasteiger partial charge is 0.338 e. The van der Waals surface area contributed by atoms with E-state index in [1.165, 1.54) is 18.3 Å². The highest BCUT2D eigenvalue weighted by Gasteiger charge is 1.92. The highest BCUT2D eigenvalue weighted by Crippen LogP contribution is 2.03. The van der Waals surface area contributed by atoms with Crippen molar-refractivity contribution in [1.82, 2.24) is 10.6 Å². The van der Waals surface area contributed by atoms with Gasteiger partial charge in [-0.05, 0) is 30.7 Å². The monoisotopic (exact) mass is 208 g/mol. The lowest BCUT2D eigenvalue weighted by molar-refractivity contribution is 0.244. The van der Waals surface area contributed by atoms with Gasteiger partial charge in [0, 0.05) is 12.7 Å². The van der Waals surface area contributed by atoms with E-state index in [9.17, 15) is 9.18 Å². The first-order chi connectivity index (χ1) is 7.22. The van der Waals surface area contributed by atoms with Gasteiger partial charge in [-0.3, -0.25) is 0 Å². The number of urea groups is 1. The maximum atomic E-state index is 12.5. The van der Waals surface area contributed by atoms with Gasteiger partial charge in [0.2, 0.25) is 0 Å². The molecule has 4 heteroatoms. The third-order valence-corrected chi connectivity index (χ3v) is 1.70. The van der Waals surface area contributed by atoms with Crippen LogP contribution in [-0.4, -0.2) is 12.6 Å². The highest BCUT2D eigenvalue weighted by atomic mass is 19.1. The maximum absolute atomic E-state index is 12.5. The van der Waals surface area contributed by atoms with Crippen LogP contribution in [-0.2, 0) is 0 Å². The Balaban J connectivity index is 2.44. The number of carbonyl (C=O) groups is 1. The third-order valence-electron chi connectivity index (χ3n) is 1.70. The smallest absolute Gasteiger partial charge is 0.318 e. The molecule has 3 nitrogen and oxygen atoms in total. The van der Waals surface area contributed by atoms with E-state index in [1.807, 2.05) is 6.92 Å². The van der Waals surface area contributed by atoms with Crippen molar-refractivity contribution in [2.45, 2.75) is 6.92 Å². The fourth-order valence-corrected chi connectivity index (χ4v) is 0.999. The number of benzene rings is 1. The van der Waals surface area contributed by atoms with Gasteiger partial charge < -0.3 is 10.6 Å². The highest BCUT2D eigenvalue weighted by molar-refractivity contribution is 5.75. The van der Waals surface area contributed by atoms with Gasteiger partial charge in [-0.15, -0.1) is 0 Å². The number of nitrogens with one attached hydrogen (secondary N) is 2. The van der Waals surface area contributed by atoms with Crippen LogP contribution in [0.25, 0.3) is 6.08 Å². The fourth-order valence-electron chi connectivity index (χ4n) is 0.999. The van der Waals surface area contributed by atoms with Crippen LogP contribution in [0.15, 0.2) is 30.5 Å². The van der Waals surface area contributed by atoms with Crippen molar-refractivity contribution in [3.63, 3.8) is 0 Å². The molecule has 0 aliphatic heterocycles. The first kappa shape index (κ1) is 11.2. The normalized spacial score (nSPS) is 10.3. The molecule has 0 spiro atoms. The van der Waals surface area contributed by atoms with Crippen LogP contribution in [0.2, 0.25) is 0 Å². The van der Waals surface area contributed by atoms with Crippen molar-refractivity contribution in [2.24, 2.45) is 0 Å². The van der Waals surface area contributed by atoms with Gasteiger partial charge in [0.25, 0.3) is 0 Å². The van der Waals surface area contributed by atoms with Crippen molar-refractivity contribution in [3.8, 4) is 0 Å². The van der Waals surface area contributed by atoms with E-state index in [4.69, 9.17) is 0 Å². The van der Waals surface area contributed by atoms with Crippen LogP contribution in [0.1, 0.15) is 12.5 Å². The first-order valence-electron chi connectivity index (χ1n) is 4.69. The lowest BCUT2D eigenvalue weighted by atomic mass is 10.2. The van der Waals surface area contributed by atoms with Crippen LogP contribution < -0.4 is 10.6 Å². The summed E-state index contributed by atoms with van der Waals surface area (Å²) >= 11 is 0. The summed E-state index contributed by atoms with van der Waals surface area (Å²) in [4.78, 5) is 11.0. The molecule has 0 fully saturated rings. The molecule has 0 aliphatic carbocycles. The molecular formula is C11H13FN2O. The van der Waals surface area contributed by atoms with Gasteiger partial charge in [0.05, 0.1) is 0 Å². The topological polar surface area (TPSA) is 41.1 Å². The fraction of sp³-hybridized carbons (Fsp3) is 0.182. The SMILES string of the molecule is CCNC(=O)N/C=C/c1ccc(F)cc1. The Labute approximate surface area is 88.0 Å². The molecule has 2 amide bonds. The van der Waals surface area contributed by atoms with Gasteiger partial charge >= 0.3 is 6.03 Å². The number of hydrogen-bond acceptors (Lipinski definition) is 1. The van der Waals surface area contributed by atoms with Gasteiger partial charge in [-0.25, -0.2) is 9.18 Å². The lowest BCUT2D eigenvalue weighted by Crippen LogP contribution is -2.31. The van der Waals surface area contributed by atoms with Crippen molar-refractivity contribution in [1.29, 1.82) is 0 Å². The predicted octanol–water partition coefficient (Wildman–Crippen LogP) is 2.12. The molecule has 80 valence electrons. The van der Waals surface area contributed by atoms with E-state index in [0.29, 0.717) is 6.54 Å². The third kappa shape index (κ3) is 4.26. The molecule has 2 N–H and O–H groups in total. The molecule has 0 bridgehead atoms. The zero-order valence-electron chi connectivity index (χ0n) is 8.46. The number of rotatable bonds is 3. The summed E-state index contributed by atoms with van der Waals surface area (Å²) in [6.07, 6.45) is 3.20. The van der Waals surface area contributed by atoms with Crippen LogP contribution >= 0.6 is 0 Å². The van der Waals surface area contributed by atoms with Crippen LogP contribution in [0.4, 0.5) is 9.18 Å². The molecule has 0 saturated heterocycles. The average molecular weight is 208 g/mol. The van der Waals surface area contributed by atoms with Crippen molar-refractivity contribution < 1.29 is 9.18 Å². The summed E-state index contributed by atoms with van der Waals surface area (Å²) in [5.41, 5.74) is 0.827. The van der Waals surface area contributed by atoms with E-state index >= 15 is 0 Å². The molecule has 0 aromatic heterocycles. The molecule has 1 rings (SSSR count). The second-order valence-electron chi connectivity index (χ2n) is 2.89. The predicted molar refractivity (Wildman–Crippen MR) is 57.6 cm³/mol. The number of halogens is 1. The van der Waals surface area contributed by atoms with Crippen LogP contribution in [0, 0.1) is 5.82 Å². The average Bonchev–Trinajstić information content (AvgIpc) is 2.21. The summed E-state index contributed by atoms with van der Waals surface area (Å²) in [6.45, 7) is 2.42. The second-order valence-corrected chi connectivity index (χ2v) is 2.89. The Bertz CT molecular complexity index is 346. The standard InChI is InChI=1S/C11H13FN2O/c1-2-13-11(15)14-8-7-9-3-5-10(12)6-4-9/h3-8H,2H2,1H3,(H2,13,14,15)/b8-7+. The molecule has 15 heavy (non-hydrogen) atoms. The van der Waals surface area contributed by atoms with Gasteiger partial charge in [-0.2, -0.15) is 0 Å². The minimum atomic E-state index is -0.274. The van der Waals surface area contributed by atoms with Crippen molar-refractivity contribution in [2.75, 3.05) is 6.54 Å². The Morgan fingerprint density at radius 2 is 2.07 bits per heavy atom. The Hall–Kier alpha value is -1.84. The Morgan fingerprint density at radius 3 is 2.67 bits per heavy atom. The van der Waals surface area contributed by atoms with E-state index in [-0.39, 0.29) is 11.8 Å². The van der Waals surface area contributed by atoms with Crippen molar-refractivity contribution in [3.05, 3.63) is 41.8 Å². The first-order valence-corrected chi connectivity index (χ1v) is 4.69. The van der Waals surface area contributed by atoms with E-state index in [2.05, 4.69) is 10.6 Å². The summed E-state index contributed by atoms with van der Waals surface area (Å²) in [7, 11) is 0. The molecule has 0 aliphatic rings. The molecule has 0 radical (unpaired) electrons. The molecular weight excluding hydrogens is 195 g/mol. The zero-order valence-corrected chi connectivity index (χ0v) is 8.46. The quantitative estimate of drug-likeness (QED) is 0.784.